The van der Waals surface area contributed by atoms with Crippen LogP contribution in [0.25, 0.3) is 11.1 Å². The van der Waals surface area contributed by atoms with Crippen molar-refractivity contribution in [2.45, 2.75) is 60.8 Å². The molecule has 5 rings (SSSR count). The van der Waals surface area contributed by atoms with Crippen LogP contribution >= 0.6 is 0 Å². The average molecular weight is 800 g/mol. The fourth-order valence-electron chi connectivity index (χ4n) is 7.07. The van der Waals surface area contributed by atoms with Crippen LogP contribution < -0.4 is 29.4 Å². The van der Waals surface area contributed by atoms with Crippen molar-refractivity contribution in [2.75, 3.05) is 40.3 Å². The highest BCUT2D eigenvalue weighted by Crippen LogP contribution is 2.44. The van der Waals surface area contributed by atoms with E-state index >= 15 is 0 Å². The highest BCUT2D eigenvalue weighted by atomic mass is 16.5. The van der Waals surface area contributed by atoms with E-state index in [0.717, 1.165) is 28.9 Å². The second kappa shape index (κ2) is 20.0. The number of Topliss-reactive ketones (excluding diaryl/α,β-unsaturated/α-hetero) is 2. The Morgan fingerprint density at radius 2 is 1.42 bits per heavy atom. The van der Waals surface area contributed by atoms with E-state index in [4.69, 9.17) is 39.4 Å². The summed E-state index contributed by atoms with van der Waals surface area (Å²) < 4.78 is 29.0. The van der Waals surface area contributed by atoms with Gasteiger partial charge in [0.25, 0.3) is 0 Å². The molecule has 1 aliphatic rings. The Morgan fingerprint density at radius 3 is 2.02 bits per heavy atom. The Bertz CT molecular complexity index is 2240. The molecule has 4 aromatic carbocycles. The molecule has 59 heavy (non-hydrogen) atoms. The lowest BCUT2D eigenvalue weighted by molar-refractivity contribution is 0.0799. The van der Waals surface area contributed by atoms with Crippen LogP contribution in [0.3, 0.4) is 0 Å². The summed E-state index contributed by atoms with van der Waals surface area (Å²) in [5.41, 5.74) is 12.4. The molecule has 310 valence electrons. The van der Waals surface area contributed by atoms with E-state index in [1.807, 2.05) is 88.7 Å². The topological polar surface area (TPSA) is 131 Å². The minimum atomic E-state index is -0.734. The maximum absolute atomic E-state index is 14.1. The molecule has 0 saturated carbocycles. The molecule has 0 amide bonds. The van der Waals surface area contributed by atoms with Crippen molar-refractivity contribution in [3.8, 4) is 28.7 Å². The van der Waals surface area contributed by atoms with Gasteiger partial charge >= 0.3 is 0 Å². The van der Waals surface area contributed by atoms with Gasteiger partial charge in [0, 0.05) is 59.1 Å². The minimum Gasteiger partial charge on any atom is -0.497 e. The normalized spacial score (nSPS) is 15.7. The number of anilines is 1. The van der Waals surface area contributed by atoms with E-state index in [2.05, 4.69) is 19.1 Å². The number of allylic oxidation sites excluding steroid dienone is 4. The Morgan fingerprint density at radius 1 is 0.831 bits per heavy atom. The predicted octanol–water partition coefficient (Wildman–Crippen LogP) is 11.2. The highest BCUT2D eigenvalue weighted by Gasteiger charge is 2.40. The summed E-state index contributed by atoms with van der Waals surface area (Å²) in [6.45, 7) is 12.2. The number of ketones is 2. The average Bonchev–Trinajstić information content (AvgIpc) is 3.32. The number of carbonyl (C=O) groups excluding carboxylic acids is 2. The van der Waals surface area contributed by atoms with Crippen LogP contribution in [-0.4, -0.2) is 58.5 Å². The van der Waals surface area contributed by atoms with Gasteiger partial charge in [0.05, 0.1) is 45.9 Å². The largest absolute Gasteiger partial charge is 0.497 e. The zero-order valence-corrected chi connectivity index (χ0v) is 35.8. The molecule has 10 heteroatoms. The molecule has 1 aliphatic heterocycles. The molecule has 0 spiro atoms. The minimum absolute atomic E-state index is 0.0139. The Kier molecular flexibility index (Phi) is 14.9. The van der Waals surface area contributed by atoms with Crippen molar-refractivity contribution in [1.29, 1.82) is 0 Å². The van der Waals surface area contributed by atoms with Crippen molar-refractivity contribution in [1.82, 2.24) is 0 Å². The first-order valence-corrected chi connectivity index (χ1v) is 20.0. The Balaban J connectivity index is 1.25. The van der Waals surface area contributed by atoms with Gasteiger partial charge in [0.1, 0.15) is 5.75 Å². The predicted molar refractivity (Wildman–Crippen MR) is 239 cm³/mol. The Labute approximate surface area is 348 Å². The number of methoxy groups -OCH3 is 3. The second-order valence-corrected chi connectivity index (χ2v) is 15.2. The van der Waals surface area contributed by atoms with Crippen LogP contribution in [0.15, 0.2) is 94.9 Å². The van der Waals surface area contributed by atoms with Gasteiger partial charge in [-0.25, -0.2) is 0 Å². The van der Waals surface area contributed by atoms with Gasteiger partial charge in [-0.15, -0.1) is 0 Å². The fourth-order valence-corrected chi connectivity index (χ4v) is 7.07. The molecule has 1 heterocycles. The zero-order valence-electron chi connectivity index (χ0n) is 35.8. The zero-order chi connectivity index (χ0) is 42.7. The van der Waals surface area contributed by atoms with Gasteiger partial charge in [-0.2, -0.15) is 0 Å². The van der Waals surface area contributed by atoms with Gasteiger partial charge in [0.2, 0.25) is 0 Å². The van der Waals surface area contributed by atoms with Gasteiger partial charge in [-0.3, -0.25) is 19.6 Å². The number of fused-ring (bicyclic) bond motifs is 1. The van der Waals surface area contributed by atoms with E-state index in [9.17, 15) is 9.59 Å². The van der Waals surface area contributed by atoms with Gasteiger partial charge in [0.15, 0.2) is 34.6 Å². The molecule has 0 aliphatic carbocycles. The third kappa shape index (κ3) is 10.7. The SMILES string of the molecule is C/C=C(\C[C@H](C)C=Nc1cc(OCCCOc2cc3c(cc2OC)C(=O)C(C)(C)[C@@H](C/C(=C\C)c2ccc(N)cc2)C=N3)c(OC)cc1C(C)=O)c1ccc(OC)cc1. The number of carbonyl (C=O) groups is 2. The highest BCUT2D eigenvalue weighted by molar-refractivity contribution is 6.08. The number of hydrogen-bond acceptors (Lipinski definition) is 10. The number of nitrogens with two attached hydrogens (primary N) is 1. The van der Waals surface area contributed by atoms with Gasteiger partial charge in [-0.05, 0) is 98.2 Å². The lowest BCUT2D eigenvalue weighted by Gasteiger charge is -2.30. The molecule has 2 N–H and O–H groups in total. The van der Waals surface area contributed by atoms with E-state index in [0.29, 0.717) is 77.2 Å². The van der Waals surface area contributed by atoms with Crippen LogP contribution in [-0.2, 0) is 0 Å². The second-order valence-electron chi connectivity index (χ2n) is 15.2. The lowest BCUT2D eigenvalue weighted by atomic mass is 9.71. The van der Waals surface area contributed by atoms with Gasteiger partial charge < -0.3 is 29.4 Å². The van der Waals surface area contributed by atoms with Crippen molar-refractivity contribution in [2.24, 2.45) is 27.2 Å². The van der Waals surface area contributed by atoms with Crippen molar-refractivity contribution < 1.29 is 33.3 Å². The van der Waals surface area contributed by atoms with Crippen LogP contribution in [0, 0.1) is 17.3 Å². The number of rotatable bonds is 18. The molecule has 0 fully saturated rings. The number of benzene rings is 4. The van der Waals surface area contributed by atoms with Crippen molar-refractivity contribution >= 4 is 52.2 Å². The smallest absolute Gasteiger partial charge is 0.171 e. The summed E-state index contributed by atoms with van der Waals surface area (Å²) in [5.74, 6) is 2.41. The quantitative estimate of drug-likeness (QED) is 0.0455. The lowest BCUT2D eigenvalue weighted by Crippen LogP contribution is -2.33. The molecular weight excluding hydrogens is 743 g/mol. The molecule has 4 aromatic rings. The standard InChI is InChI=1S/C49H57N3O7/c1-10-33(36-15-19-39(55-7)20-16-36)23-31(3)29-51-42-27-46(44(56-8)25-40(42)32(4)53)58-21-12-22-59-47-28-43-41(26-45(47)57-9)48(54)49(5,6)37(30-52-43)24-34(11-2)35-13-17-38(50)18-14-35/h10-11,13-20,25-31,37H,12,21-24,50H2,1-9H3/b33-10+,34-11+,51-29?/t31-,37-/m0/s1. The molecule has 0 radical (unpaired) electrons. The van der Waals surface area contributed by atoms with E-state index in [-0.39, 0.29) is 23.4 Å². The number of aliphatic imine (C=N–C) groups is 2. The first-order chi connectivity index (χ1) is 28.3. The molecule has 0 unspecified atom stereocenters. The summed E-state index contributed by atoms with van der Waals surface area (Å²) >= 11 is 0. The molecule has 2 atom stereocenters. The summed E-state index contributed by atoms with van der Waals surface area (Å²) in [6, 6.07) is 22.7. The van der Waals surface area contributed by atoms with Crippen molar-refractivity contribution in [3.63, 3.8) is 0 Å². The molecule has 0 aromatic heterocycles. The molecule has 0 bridgehead atoms. The fraction of sp³-hybridized carbons (Fsp3) is 0.347. The monoisotopic (exact) mass is 799 g/mol. The third-order valence-corrected chi connectivity index (χ3v) is 10.8. The number of nitrogen functional groups attached to an aromatic ring is 1. The Hall–Kier alpha value is -6.16. The maximum Gasteiger partial charge on any atom is 0.171 e. The summed E-state index contributed by atoms with van der Waals surface area (Å²) in [6.07, 6.45) is 9.85. The molecule has 10 nitrogen and oxygen atoms in total. The van der Waals surface area contributed by atoms with E-state index in [1.165, 1.54) is 12.5 Å². The van der Waals surface area contributed by atoms with E-state index < -0.39 is 5.41 Å². The van der Waals surface area contributed by atoms with Crippen LogP contribution in [0.2, 0.25) is 0 Å². The molecule has 0 saturated heterocycles. The van der Waals surface area contributed by atoms with Crippen LogP contribution in [0.4, 0.5) is 17.1 Å². The van der Waals surface area contributed by atoms with Crippen molar-refractivity contribution in [3.05, 3.63) is 107 Å². The first-order valence-electron chi connectivity index (χ1n) is 20.0. The maximum atomic E-state index is 14.1. The first kappa shape index (κ1) is 44.0. The van der Waals surface area contributed by atoms with Gasteiger partial charge in [-0.1, -0.05) is 57.2 Å². The van der Waals surface area contributed by atoms with Crippen LogP contribution in [0.5, 0.6) is 28.7 Å². The number of ether oxygens (including phenoxy) is 5. The number of nitrogens with zero attached hydrogens (tertiary/aromatic N) is 2. The van der Waals surface area contributed by atoms with E-state index in [1.54, 1.807) is 45.6 Å². The number of hydrogen-bond donors (Lipinski definition) is 1. The third-order valence-electron chi connectivity index (χ3n) is 10.8. The summed E-state index contributed by atoms with van der Waals surface area (Å²) in [4.78, 5) is 36.4. The van der Waals surface area contributed by atoms with Crippen LogP contribution in [0.1, 0.15) is 92.6 Å². The summed E-state index contributed by atoms with van der Waals surface area (Å²) in [7, 11) is 4.75. The molecular formula is C49H57N3O7. The summed E-state index contributed by atoms with van der Waals surface area (Å²) in [5, 5.41) is 0.